The molecule has 1 aliphatic rings. The molecule has 1 saturated heterocycles. The van der Waals surface area contributed by atoms with Crippen LogP contribution in [0, 0.1) is 0 Å². The number of nitrogens with zero attached hydrogens (tertiary/aromatic N) is 1. The third-order valence-electron chi connectivity index (χ3n) is 3.97. The maximum Gasteiger partial charge on any atom is 0.416 e. The average molecular weight is 439 g/mol. The Hall–Kier alpha value is -1.32. The first-order valence-corrected chi connectivity index (χ1v) is 9.95. The van der Waals surface area contributed by atoms with Crippen LogP contribution in [0.4, 0.5) is 18.9 Å². The van der Waals surface area contributed by atoms with Crippen LogP contribution in [0.3, 0.4) is 0 Å². The van der Waals surface area contributed by atoms with Gasteiger partial charge in [0.05, 0.1) is 21.5 Å². The fraction of sp³-hybridized carbons (Fsp3) is 0.471. The number of carbonyl (C=O) groups is 2. The Labute approximate surface area is 169 Å². The SMILES string of the molecule is CC1SC(=S)N(CCCCCC(=O)Nc2cc(C(F)(F)F)ccc2Cl)C1=O. The van der Waals surface area contributed by atoms with Crippen molar-refractivity contribution in [3.8, 4) is 0 Å². The van der Waals surface area contributed by atoms with Gasteiger partial charge in [-0.1, -0.05) is 42.0 Å². The number of amides is 2. The molecule has 1 heterocycles. The first kappa shape index (κ1) is 22.0. The lowest BCUT2D eigenvalue weighted by Crippen LogP contribution is -2.31. The molecular weight excluding hydrogens is 421 g/mol. The maximum atomic E-state index is 12.7. The van der Waals surface area contributed by atoms with Gasteiger partial charge in [-0.2, -0.15) is 13.2 Å². The van der Waals surface area contributed by atoms with E-state index in [1.54, 1.807) is 4.90 Å². The lowest BCUT2D eigenvalue weighted by atomic mass is 10.1. The molecule has 2 amide bonds. The van der Waals surface area contributed by atoms with E-state index in [-0.39, 0.29) is 28.3 Å². The van der Waals surface area contributed by atoms with Crippen molar-refractivity contribution < 1.29 is 22.8 Å². The van der Waals surface area contributed by atoms with Crippen LogP contribution in [0.2, 0.25) is 5.02 Å². The van der Waals surface area contributed by atoms with Crippen LogP contribution in [-0.4, -0.2) is 32.8 Å². The van der Waals surface area contributed by atoms with Crippen molar-refractivity contribution in [3.05, 3.63) is 28.8 Å². The van der Waals surface area contributed by atoms with E-state index >= 15 is 0 Å². The number of hydrogen-bond acceptors (Lipinski definition) is 4. The standard InChI is InChI=1S/C17H18ClF3N2O2S2/c1-10-15(25)23(16(26)27-10)8-4-2-3-5-14(24)22-13-9-11(17(19,20)21)6-7-12(13)18/h6-7,9-10H,2-5,8H2,1H3,(H,22,24). The molecule has 148 valence electrons. The molecule has 1 unspecified atom stereocenters. The predicted octanol–water partition coefficient (Wildman–Crippen LogP) is 5.11. The van der Waals surface area contributed by atoms with Crippen molar-refractivity contribution in [2.45, 2.75) is 44.0 Å². The molecule has 0 aromatic heterocycles. The summed E-state index contributed by atoms with van der Waals surface area (Å²) < 4.78 is 38.8. The van der Waals surface area contributed by atoms with E-state index in [2.05, 4.69) is 5.32 Å². The number of halogens is 4. The van der Waals surface area contributed by atoms with E-state index in [0.29, 0.717) is 30.1 Å². The van der Waals surface area contributed by atoms with Crippen LogP contribution in [-0.2, 0) is 15.8 Å². The minimum atomic E-state index is -4.51. The molecule has 1 atom stereocenters. The second kappa shape index (κ2) is 9.25. The first-order chi connectivity index (χ1) is 12.6. The molecule has 0 saturated carbocycles. The van der Waals surface area contributed by atoms with Gasteiger partial charge in [0.15, 0.2) is 0 Å². The van der Waals surface area contributed by atoms with Crippen molar-refractivity contribution in [1.82, 2.24) is 4.90 Å². The van der Waals surface area contributed by atoms with Gasteiger partial charge in [-0.15, -0.1) is 0 Å². The van der Waals surface area contributed by atoms with E-state index in [9.17, 15) is 22.8 Å². The highest BCUT2D eigenvalue weighted by molar-refractivity contribution is 8.24. The quantitative estimate of drug-likeness (QED) is 0.475. The summed E-state index contributed by atoms with van der Waals surface area (Å²) in [6, 6.07) is 2.79. The van der Waals surface area contributed by atoms with Crippen LogP contribution in [0.1, 0.15) is 38.2 Å². The molecule has 1 fully saturated rings. The van der Waals surface area contributed by atoms with E-state index in [1.165, 1.54) is 11.8 Å². The zero-order valence-corrected chi connectivity index (χ0v) is 16.8. The number of carbonyl (C=O) groups excluding carboxylic acids is 2. The minimum absolute atomic E-state index is 0.00179. The van der Waals surface area contributed by atoms with Crippen LogP contribution in [0.5, 0.6) is 0 Å². The van der Waals surface area contributed by atoms with Gasteiger partial charge in [-0.25, -0.2) is 0 Å². The van der Waals surface area contributed by atoms with Crippen LogP contribution in [0.25, 0.3) is 0 Å². The van der Waals surface area contributed by atoms with Crippen LogP contribution < -0.4 is 5.32 Å². The van der Waals surface area contributed by atoms with Gasteiger partial charge in [-0.05, 0) is 38.0 Å². The lowest BCUT2D eigenvalue weighted by Gasteiger charge is -2.15. The third-order valence-corrected chi connectivity index (χ3v) is 5.78. The summed E-state index contributed by atoms with van der Waals surface area (Å²) in [5.74, 6) is -0.407. The molecule has 10 heteroatoms. The Kier molecular flexibility index (Phi) is 7.53. The molecule has 1 aromatic rings. The Balaban J connectivity index is 1.75. The Morgan fingerprint density at radius 1 is 1.33 bits per heavy atom. The molecule has 1 aliphatic heterocycles. The molecule has 1 aromatic carbocycles. The van der Waals surface area contributed by atoms with Gasteiger partial charge in [0.2, 0.25) is 11.8 Å². The normalized spacial score (nSPS) is 17.5. The monoisotopic (exact) mass is 438 g/mol. The van der Waals surface area contributed by atoms with Gasteiger partial charge < -0.3 is 5.32 Å². The zero-order valence-electron chi connectivity index (χ0n) is 14.4. The zero-order chi connectivity index (χ0) is 20.2. The summed E-state index contributed by atoms with van der Waals surface area (Å²) in [7, 11) is 0. The molecule has 0 radical (unpaired) electrons. The van der Waals surface area contributed by atoms with Crippen molar-refractivity contribution in [2.75, 3.05) is 11.9 Å². The van der Waals surface area contributed by atoms with Gasteiger partial charge >= 0.3 is 6.18 Å². The number of hydrogen-bond donors (Lipinski definition) is 1. The van der Waals surface area contributed by atoms with Gasteiger partial charge in [-0.3, -0.25) is 14.5 Å². The number of nitrogens with one attached hydrogen (secondary N) is 1. The summed E-state index contributed by atoms with van der Waals surface area (Å²) in [5, 5.41) is 2.31. The average Bonchev–Trinajstić information content (AvgIpc) is 2.81. The predicted molar refractivity (Wildman–Crippen MR) is 105 cm³/mol. The van der Waals surface area contributed by atoms with Crippen molar-refractivity contribution in [2.24, 2.45) is 0 Å². The van der Waals surface area contributed by atoms with E-state index in [0.717, 1.165) is 18.2 Å². The molecular formula is C17H18ClF3N2O2S2. The summed E-state index contributed by atoms with van der Waals surface area (Å²) in [5.41, 5.74) is -0.934. The highest BCUT2D eigenvalue weighted by atomic mass is 35.5. The van der Waals surface area contributed by atoms with Crippen molar-refractivity contribution >= 4 is 57.4 Å². The number of alkyl halides is 3. The Bertz CT molecular complexity index is 743. The fourth-order valence-corrected chi connectivity index (χ4v) is 4.14. The van der Waals surface area contributed by atoms with Gasteiger partial charge in [0, 0.05) is 13.0 Å². The summed E-state index contributed by atoms with van der Waals surface area (Å²) in [6.07, 6.45) is -2.44. The van der Waals surface area contributed by atoms with E-state index < -0.39 is 17.6 Å². The fourth-order valence-electron chi connectivity index (χ4n) is 2.52. The van der Waals surface area contributed by atoms with Gasteiger partial charge in [0.25, 0.3) is 0 Å². The lowest BCUT2D eigenvalue weighted by molar-refractivity contribution is -0.137. The number of thiocarbonyl (C=S) groups is 1. The molecule has 1 N–H and O–H groups in total. The summed E-state index contributed by atoms with van der Waals surface area (Å²) >= 11 is 12.4. The third kappa shape index (κ3) is 6.08. The van der Waals surface area contributed by atoms with Crippen LogP contribution in [0.15, 0.2) is 18.2 Å². The highest BCUT2D eigenvalue weighted by Crippen LogP contribution is 2.34. The Morgan fingerprint density at radius 3 is 2.63 bits per heavy atom. The number of thioether (sulfide) groups is 1. The second-order valence-corrected chi connectivity index (χ2v) is 8.45. The van der Waals surface area contributed by atoms with Gasteiger partial charge in [0.1, 0.15) is 4.32 Å². The minimum Gasteiger partial charge on any atom is -0.325 e. The molecule has 27 heavy (non-hydrogen) atoms. The molecule has 0 aliphatic carbocycles. The number of benzene rings is 1. The Morgan fingerprint density at radius 2 is 2.04 bits per heavy atom. The topological polar surface area (TPSA) is 49.4 Å². The smallest absolute Gasteiger partial charge is 0.325 e. The van der Waals surface area contributed by atoms with E-state index in [4.69, 9.17) is 23.8 Å². The second-order valence-electron chi connectivity index (χ2n) is 6.07. The number of anilines is 1. The van der Waals surface area contributed by atoms with Crippen molar-refractivity contribution in [3.63, 3.8) is 0 Å². The molecule has 0 bridgehead atoms. The van der Waals surface area contributed by atoms with Crippen molar-refractivity contribution in [1.29, 1.82) is 0 Å². The first-order valence-electron chi connectivity index (χ1n) is 8.28. The molecule has 2 rings (SSSR count). The van der Waals surface area contributed by atoms with Crippen LogP contribution >= 0.6 is 35.6 Å². The number of rotatable bonds is 7. The van der Waals surface area contributed by atoms with E-state index in [1.807, 2.05) is 6.92 Å². The summed E-state index contributed by atoms with van der Waals surface area (Å²) in [6.45, 7) is 2.32. The highest BCUT2D eigenvalue weighted by Gasteiger charge is 2.33. The largest absolute Gasteiger partial charge is 0.416 e. The number of unbranched alkanes of at least 4 members (excludes halogenated alkanes) is 2. The molecule has 4 nitrogen and oxygen atoms in total. The molecule has 0 spiro atoms. The maximum absolute atomic E-state index is 12.7. The summed E-state index contributed by atoms with van der Waals surface area (Å²) in [4.78, 5) is 25.4.